The Kier molecular flexibility index (Phi) is 6.68. The van der Waals surface area contributed by atoms with E-state index in [9.17, 15) is 14.7 Å². The van der Waals surface area contributed by atoms with Gasteiger partial charge in [0, 0.05) is 6.42 Å². The predicted octanol–water partition coefficient (Wildman–Crippen LogP) is 0.968. The molecular formula is C15H21NO5. The van der Waals surface area contributed by atoms with Crippen molar-refractivity contribution in [2.45, 2.75) is 38.3 Å². The Morgan fingerprint density at radius 1 is 1.38 bits per heavy atom. The van der Waals surface area contributed by atoms with Crippen molar-refractivity contribution in [3.8, 4) is 5.75 Å². The highest BCUT2D eigenvalue weighted by Crippen LogP contribution is 2.14. The van der Waals surface area contributed by atoms with Gasteiger partial charge in [-0.3, -0.25) is 4.79 Å². The van der Waals surface area contributed by atoms with E-state index in [2.05, 4.69) is 5.32 Å². The molecule has 1 rings (SSSR count). The zero-order valence-corrected chi connectivity index (χ0v) is 12.2. The number of rotatable bonds is 8. The van der Waals surface area contributed by atoms with Crippen molar-refractivity contribution in [2.75, 3.05) is 7.11 Å². The maximum atomic E-state index is 11.7. The third-order valence-corrected chi connectivity index (χ3v) is 3.07. The average molecular weight is 295 g/mol. The Bertz CT molecular complexity index is 487. The molecule has 1 aromatic carbocycles. The highest BCUT2D eigenvalue weighted by Gasteiger charge is 2.24. The topological polar surface area (TPSA) is 95.9 Å². The summed E-state index contributed by atoms with van der Waals surface area (Å²) in [7, 11) is 1.59. The molecule has 0 aliphatic carbocycles. The number of methoxy groups -OCH3 is 1. The minimum Gasteiger partial charge on any atom is -0.497 e. The van der Waals surface area contributed by atoms with Gasteiger partial charge in [-0.05, 0) is 37.5 Å². The SMILES string of the molecule is COc1cccc(CCCC(=O)NC(C(=O)O)C(C)O)c1. The van der Waals surface area contributed by atoms with Crippen LogP contribution in [0.4, 0.5) is 0 Å². The fraction of sp³-hybridized carbons (Fsp3) is 0.467. The lowest BCUT2D eigenvalue weighted by Gasteiger charge is -2.16. The van der Waals surface area contributed by atoms with Crippen molar-refractivity contribution >= 4 is 11.9 Å². The molecule has 116 valence electrons. The van der Waals surface area contributed by atoms with Crippen LogP contribution in [0, 0.1) is 0 Å². The largest absolute Gasteiger partial charge is 0.497 e. The van der Waals surface area contributed by atoms with Gasteiger partial charge < -0.3 is 20.3 Å². The number of carbonyl (C=O) groups excluding carboxylic acids is 1. The zero-order chi connectivity index (χ0) is 15.8. The number of aliphatic hydroxyl groups excluding tert-OH is 1. The maximum absolute atomic E-state index is 11.7. The fourth-order valence-corrected chi connectivity index (χ4v) is 1.92. The molecule has 0 aliphatic rings. The van der Waals surface area contributed by atoms with Crippen LogP contribution in [0.2, 0.25) is 0 Å². The molecule has 0 bridgehead atoms. The number of carbonyl (C=O) groups is 2. The standard InChI is InChI=1S/C15H21NO5/c1-10(17)14(15(19)20)16-13(18)8-4-6-11-5-3-7-12(9-11)21-2/h3,5,7,9-10,14,17H,4,6,8H2,1-2H3,(H,16,18)(H,19,20). The number of aryl methyl sites for hydroxylation is 1. The van der Waals surface area contributed by atoms with Gasteiger partial charge in [-0.25, -0.2) is 4.79 Å². The second-order valence-corrected chi connectivity index (χ2v) is 4.83. The lowest BCUT2D eigenvalue weighted by molar-refractivity contribution is -0.144. The van der Waals surface area contributed by atoms with E-state index < -0.39 is 18.1 Å². The van der Waals surface area contributed by atoms with E-state index in [1.54, 1.807) is 7.11 Å². The minimum absolute atomic E-state index is 0.202. The Balaban J connectivity index is 2.41. The number of ether oxygens (including phenoxy) is 1. The van der Waals surface area contributed by atoms with E-state index in [0.29, 0.717) is 12.8 Å². The van der Waals surface area contributed by atoms with E-state index in [0.717, 1.165) is 11.3 Å². The molecule has 6 nitrogen and oxygen atoms in total. The van der Waals surface area contributed by atoms with Crippen LogP contribution >= 0.6 is 0 Å². The molecule has 6 heteroatoms. The summed E-state index contributed by atoms with van der Waals surface area (Å²) in [6.45, 7) is 1.33. The molecule has 1 amide bonds. The summed E-state index contributed by atoms with van der Waals surface area (Å²) >= 11 is 0. The number of hydrogen-bond donors (Lipinski definition) is 3. The number of carboxylic acid groups (broad SMARTS) is 1. The van der Waals surface area contributed by atoms with Crippen LogP contribution in [0.5, 0.6) is 5.75 Å². The molecule has 0 fully saturated rings. The molecule has 1 aromatic rings. The van der Waals surface area contributed by atoms with Gasteiger partial charge in [0.05, 0.1) is 13.2 Å². The van der Waals surface area contributed by atoms with Crippen molar-refractivity contribution in [2.24, 2.45) is 0 Å². The van der Waals surface area contributed by atoms with Gasteiger partial charge in [0.1, 0.15) is 5.75 Å². The van der Waals surface area contributed by atoms with Crippen LogP contribution < -0.4 is 10.1 Å². The van der Waals surface area contributed by atoms with Crippen molar-refractivity contribution in [3.63, 3.8) is 0 Å². The highest BCUT2D eigenvalue weighted by atomic mass is 16.5. The van der Waals surface area contributed by atoms with Crippen LogP contribution in [-0.2, 0) is 16.0 Å². The Morgan fingerprint density at radius 3 is 2.67 bits per heavy atom. The molecule has 21 heavy (non-hydrogen) atoms. The highest BCUT2D eigenvalue weighted by molar-refractivity contribution is 5.83. The van der Waals surface area contributed by atoms with Crippen molar-refractivity contribution < 1.29 is 24.5 Å². The van der Waals surface area contributed by atoms with Crippen molar-refractivity contribution in [1.29, 1.82) is 0 Å². The molecule has 0 spiro atoms. The summed E-state index contributed by atoms with van der Waals surface area (Å²) in [5, 5.41) is 20.5. The van der Waals surface area contributed by atoms with Crippen LogP contribution in [0.15, 0.2) is 24.3 Å². The molecule has 0 saturated heterocycles. The lowest BCUT2D eigenvalue weighted by Crippen LogP contribution is -2.47. The smallest absolute Gasteiger partial charge is 0.328 e. The first-order valence-corrected chi connectivity index (χ1v) is 6.77. The molecule has 2 unspecified atom stereocenters. The maximum Gasteiger partial charge on any atom is 0.328 e. The molecule has 0 radical (unpaired) electrons. The second-order valence-electron chi connectivity index (χ2n) is 4.83. The Hall–Kier alpha value is -2.08. The quantitative estimate of drug-likeness (QED) is 0.664. The Morgan fingerprint density at radius 2 is 2.10 bits per heavy atom. The molecule has 0 aromatic heterocycles. The zero-order valence-electron chi connectivity index (χ0n) is 12.2. The summed E-state index contributed by atoms with van der Waals surface area (Å²) in [5.41, 5.74) is 1.05. The number of benzene rings is 1. The number of amides is 1. The minimum atomic E-state index is -1.27. The molecule has 3 N–H and O–H groups in total. The number of nitrogens with one attached hydrogen (secondary N) is 1. The molecule has 0 aliphatic heterocycles. The fourth-order valence-electron chi connectivity index (χ4n) is 1.92. The van der Waals surface area contributed by atoms with Gasteiger partial charge in [0.25, 0.3) is 0 Å². The molecular weight excluding hydrogens is 274 g/mol. The van der Waals surface area contributed by atoms with Crippen molar-refractivity contribution in [1.82, 2.24) is 5.32 Å². The van der Waals surface area contributed by atoms with Gasteiger partial charge in [0.2, 0.25) is 5.91 Å². The van der Waals surface area contributed by atoms with Crippen LogP contribution in [0.25, 0.3) is 0 Å². The van der Waals surface area contributed by atoms with E-state index in [4.69, 9.17) is 9.84 Å². The first-order chi connectivity index (χ1) is 9.93. The number of aliphatic carboxylic acids is 1. The second kappa shape index (κ2) is 8.26. The number of hydrogen-bond acceptors (Lipinski definition) is 4. The third-order valence-electron chi connectivity index (χ3n) is 3.07. The van der Waals surface area contributed by atoms with E-state index >= 15 is 0 Å². The average Bonchev–Trinajstić information content (AvgIpc) is 2.44. The van der Waals surface area contributed by atoms with Gasteiger partial charge in [-0.15, -0.1) is 0 Å². The van der Waals surface area contributed by atoms with Gasteiger partial charge in [-0.2, -0.15) is 0 Å². The van der Waals surface area contributed by atoms with E-state index in [1.165, 1.54) is 6.92 Å². The van der Waals surface area contributed by atoms with E-state index in [1.807, 2.05) is 24.3 Å². The summed E-state index contributed by atoms with van der Waals surface area (Å²) in [5.74, 6) is -0.866. The van der Waals surface area contributed by atoms with Gasteiger partial charge in [0.15, 0.2) is 6.04 Å². The van der Waals surface area contributed by atoms with Crippen LogP contribution in [-0.4, -0.2) is 41.3 Å². The molecule has 0 saturated carbocycles. The molecule has 0 heterocycles. The number of aliphatic hydroxyl groups is 1. The summed E-state index contributed by atoms with van der Waals surface area (Å²) in [6.07, 6.45) is 0.348. The monoisotopic (exact) mass is 295 g/mol. The van der Waals surface area contributed by atoms with E-state index in [-0.39, 0.29) is 12.3 Å². The third kappa shape index (κ3) is 5.83. The number of carboxylic acids is 1. The predicted molar refractivity (Wildman–Crippen MR) is 77.2 cm³/mol. The summed E-state index contributed by atoms with van der Waals surface area (Å²) in [4.78, 5) is 22.5. The summed E-state index contributed by atoms with van der Waals surface area (Å²) < 4.78 is 5.12. The van der Waals surface area contributed by atoms with Crippen LogP contribution in [0.1, 0.15) is 25.3 Å². The van der Waals surface area contributed by atoms with Gasteiger partial charge in [-0.1, -0.05) is 12.1 Å². The van der Waals surface area contributed by atoms with Crippen LogP contribution in [0.3, 0.4) is 0 Å². The van der Waals surface area contributed by atoms with Crippen molar-refractivity contribution in [3.05, 3.63) is 29.8 Å². The normalized spacial score (nSPS) is 13.3. The first kappa shape index (κ1) is 17.0. The summed E-state index contributed by atoms with van der Waals surface area (Å²) in [6, 6.07) is 6.29. The Labute approximate surface area is 123 Å². The first-order valence-electron chi connectivity index (χ1n) is 6.77. The lowest BCUT2D eigenvalue weighted by atomic mass is 10.1. The van der Waals surface area contributed by atoms with Gasteiger partial charge >= 0.3 is 5.97 Å². The molecule has 2 atom stereocenters.